The molecule has 0 atom stereocenters. The number of ether oxygens (including phenoxy) is 1. The average molecular weight is 323 g/mol. The summed E-state index contributed by atoms with van der Waals surface area (Å²) in [4.78, 5) is 15.4. The fourth-order valence-corrected chi connectivity index (χ4v) is 3.00. The van der Waals surface area contributed by atoms with Gasteiger partial charge in [0.25, 0.3) is 5.91 Å². The van der Waals surface area contributed by atoms with E-state index in [2.05, 4.69) is 0 Å². The molecule has 0 spiro atoms. The van der Waals surface area contributed by atoms with Crippen molar-refractivity contribution in [2.45, 2.75) is 6.54 Å². The highest BCUT2D eigenvalue weighted by Gasteiger charge is 2.13. The molecule has 3 rings (SSSR count). The van der Waals surface area contributed by atoms with Crippen LogP contribution in [-0.4, -0.2) is 17.9 Å². The molecule has 0 aliphatic rings. The minimum absolute atomic E-state index is 0.0167. The van der Waals surface area contributed by atoms with Crippen molar-refractivity contribution >= 4 is 17.2 Å². The Morgan fingerprint density at radius 2 is 1.78 bits per heavy atom. The second kappa shape index (κ2) is 7.11. The van der Waals surface area contributed by atoms with Gasteiger partial charge in [-0.1, -0.05) is 30.3 Å². The Labute approximate surface area is 139 Å². The van der Waals surface area contributed by atoms with Gasteiger partial charge in [0.05, 0.1) is 6.54 Å². The molecule has 0 saturated carbocycles. The molecule has 0 fully saturated rings. The first-order valence-electron chi connectivity index (χ1n) is 7.33. The summed E-state index contributed by atoms with van der Waals surface area (Å²) in [5, 5.41) is 2.02. The Hall–Kier alpha value is -2.59. The van der Waals surface area contributed by atoms with E-state index >= 15 is 0 Å². The zero-order chi connectivity index (χ0) is 16.1. The van der Waals surface area contributed by atoms with Gasteiger partial charge >= 0.3 is 0 Å². The number of rotatable bonds is 5. The summed E-state index contributed by atoms with van der Waals surface area (Å²) < 4.78 is 5.79. The molecular weight excluding hydrogens is 306 g/mol. The van der Waals surface area contributed by atoms with Crippen LogP contribution in [-0.2, 0) is 6.54 Å². The lowest BCUT2D eigenvalue weighted by Gasteiger charge is -2.16. The smallest absolute Gasteiger partial charge is 0.254 e. The van der Waals surface area contributed by atoms with Crippen LogP contribution >= 0.6 is 11.3 Å². The summed E-state index contributed by atoms with van der Waals surface area (Å²) in [7, 11) is 1.81. The number of hydrogen-bond acceptors (Lipinski definition) is 3. The number of thiophene rings is 1. The summed E-state index contributed by atoms with van der Waals surface area (Å²) in [5.74, 6) is 1.40. The van der Waals surface area contributed by atoms with E-state index in [1.807, 2.05) is 73.1 Å². The summed E-state index contributed by atoms with van der Waals surface area (Å²) in [5.41, 5.74) is 0.623. The van der Waals surface area contributed by atoms with Crippen molar-refractivity contribution < 1.29 is 9.53 Å². The van der Waals surface area contributed by atoms with Crippen molar-refractivity contribution in [3.05, 3.63) is 82.6 Å². The first-order valence-corrected chi connectivity index (χ1v) is 8.21. The van der Waals surface area contributed by atoms with Crippen molar-refractivity contribution in [3.63, 3.8) is 0 Å². The number of benzene rings is 2. The maximum Gasteiger partial charge on any atom is 0.254 e. The lowest BCUT2D eigenvalue weighted by molar-refractivity contribution is 0.0786. The molecule has 0 aliphatic carbocycles. The van der Waals surface area contributed by atoms with E-state index in [0.717, 1.165) is 10.6 Å². The van der Waals surface area contributed by atoms with E-state index in [1.165, 1.54) is 0 Å². The molecule has 0 saturated heterocycles. The van der Waals surface area contributed by atoms with Crippen LogP contribution < -0.4 is 4.74 Å². The predicted molar refractivity (Wildman–Crippen MR) is 93.1 cm³/mol. The number of hydrogen-bond donors (Lipinski definition) is 0. The van der Waals surface area contributed by atoms with E-state index in [0.29, 0.717) is 17.9 Å². The molecule has 4 heteroatoms. The highest BCUT2D eigenvalue weighted by Crippen LogP contribution is 2.22. The Kier molecular flexibility index (Phi) is 4.74. The minimum Gasteiger partial charge on any atom is -0.457 e. The lowest BCUT2D eigenvalue weighted by Crippen LogP contribution is -2.25. The monoisotopic (exact) mass is 323 g/mol. The molecule has 1 heterocycles. The lowest BCUT2D eigenvalue weighted by atomic mass is 10.2. The summed E-state index contributed by atoms with van der Waals surface area (Å²) in [6.07, 6.45) is 0. The molecule has 3 nitrogen and oxygen atoms in total. The third-order valence-corrected chi connectivity index (χ3v) is 4.24. The van der Waals surface area contributed by atoms with Crippen molar-refractivity contribution in [1.29, 1.82) is 0 Å². The van der Waals surface area contributed by atoms with E-state index in [-0.39, 0.29) is 5.91 Å². The molecule has 116 valence electrons. The van der Waals surface area contributed by atoms with Crippen LogP contribution in [0.5, 0.6) is 11.5 Å². The van der Waals surface area contributed by atoms with Crippen LogP contribution in [0, 0.1) is 0 Å². The molecule has 1 aromatic heterocycles. The van der Waals surface area contributed by atoms with Crippen LogP contribution in [0.3, 0.4) is 0 Å². The van der Waals surface area contributed by atoms with Crippen molar-refractivity contribution in [2.75, 3.05) is 7.05 Å². The number of carbonyl (C=O) groups excluding carboxylic acids is 1. The van der Waals surface area contributed by atoms with Gasteiger partial charge in [-0.2, -0.15) is 0 Å². The fourth-order valence-electron chi connectivity index (χ4n) is 2.25. The molecule has 2 aromatic carbocycles. The molecule has 3 aromatic rings. The second-order valence-electron chi connectivity index (χ2n) is 5.18. The summed E-state index contributed by atoms with van der Waals surface area (Å²) in [6.45, 7) is 0.611. The standard InChI is InChI=1S/C19H17NO2S/c1-20(14-18-11-6-12-23-18)19(21)15-7-5-10-17(13-15)22-16-8-3-2-4-9-16/h2-13H,14H2,1H3. The van der Waals surface area contributed by atoms with Crippen molar-refractivity contribution in [3.8, 4) is 11.5 Å². The van der Waals surface area contributed by atoms with Crippen LogP contribution in [0.4, 0.5) is 0 Å². The van der Waals surface area contributed by atoms with Gasteiger partial charge in [-0.3, -0.25) is 4.79 Å². The van der Waals surface area contributed by atoms with Crippen LogP contribution in [0.15, 0.2) is 72.1 Å². The Balaban J connectivity index is 1.72. The van der Waals surface area contributed by atoms with Gasteiger partial charge in [0.2, 0.25) is 0 Å². The van der Waals surface area contributed by atoms with Gasteiger partial charge in [-0.15, -0.1) is 11.3 Å². The van der Waals surface area contributed by atoms with Gasteiger partial charge in [-0.05, 0) is 41.8 Å². The third kappa shape index (κ3) is 3.99. The highest BCUT2D eigenvalue weighted by molar-refractivity contribution is 7.09. The predicted octanol–water partition coefficient (Wildman–Crippen LogP) is 4.81. The highest BCUT2D eigenvalue weighted by atomic mass is 32.1. The van der Waals surface area contributed by atoms with Crippen molar-refractivity contribution in [2.24, 2.45) is 0 Å². The Morgan fingerprint density at radius 1 is 1.00 bits per heavy atom. The first kappa shape index (κ1) is 15.3. The normalized spacial score (nSPS) is 10.3. The summed E-state index contributed by atoms with van der Waals surface area (Å²) >= 11 is 1.65. The van der Waals surface area contributed by atoms with Crippen LogP contribution in [0.2, 0.25) is 0 Å². The fraction of sp³-hybridized carbons (Fsp3) is 0.105. The average Bonchev–Trinajstić information content (AvgIpc) is 3.08. The Bertz CT molecular complexity index is 769. The molecule has 1 amide bonds. The van der Waals surface area contributed by atoms with Crippen LogP contribution in [0.25, 0.3) is 0 Å². The maximum atomic E-state index is 12.6. The molecule has 0 bridgehead atoms. The molecule has 0 aliphatic heterocycles. The van der Waals surface area contributed by atoms with Gasteiger partial charge in [0.15, 0.2) is 0 Å². The van der Waals surface area contributed by atoms with Gasteiger partial charge < -0.3 is 9.64 Å². The largest absolute Gasteiger partial charge is 0.457 e. The Morgan fingerprint density at radius 3 is 2.52 bits per heavy atom. The molecule has 0 radical (unpaired) electrons. The molecule has 23 heavy (non-hydrogen) atoms. The van der Waals surface area contributed by atoms with Gasteiger partial charge in [-0.25, -0.2) is 0 Å². The number of nitrogens with zero attached hydrogens (tertiary/aromatic N) is 1. The summed E-state index contributed by atoms with van der Waals surface area (Å²) in [6, 6.07) is 20.8. The zero-order valence-electron chi connectivity index (χ0n) is 12.8. The second-order valence-corrected chi connectivity index (χ2v) is 6.22. The van der Waals surface area contributed by atoms with E-state index in [9.17, 15) is 4.79 Å². The quantitative estimate of drug-likeness (QED) is 0.674. The third-order valence-electron chi connectivity index (χ3n) is 3.38. The molecular formula is C19H17NO2S. The first-order chi connectivity index (χ1) is 11.2. The van der Waals surface area contributed by atoms with Crippen molar-refractivity contribution in [1.82, 2.24) is 4.90 Å². The number of para-hydroxylation sites is 1. The molecule has 0 N–H and O–H groups in total. The van der Waals surface area contributed by atoms with Gasteiger partial charge in [0, 0.05) is 17.5 Å². The van der Waals surface area contributed by atoms with E-state index < -0.39 is 0 Å². The SMILES string of the molecule is CN(Cc1cccs1)C(=O)c1cccc(Oc2ccccc2)c1. The topological polar surface area (TPSA) is 29.5 Å². The van der Waals surface area contributed by atoms with Crippen LogP contribution in [0.1, 0.15) is 15.2 Å². The number of amides is 1. The zero-order valence-corrected chi connectivity index (χ0v) is 13.6. The number of carbonyl (C=O) groups is 1. The molecule has 0 unspecified atom stereocenters. The van der Waals surface area contributed by atoms with E-state index in [1.54, 1.807) is 22.3 Å². The van der Waals surface area contributed by atoms with Gasteiger partial charge in [0.1, 0.15) is 11.5 Å². The van der Waals surface area contributed by atoms with E-state index in [4.69, 9.17) is 4.74 Å². The maximum absolute atomic E-state index is 12.6. The minimum atomic E-state index is -0.0167.